The molecule has 0 aliphatic carbocycles. The molecule has 0 atom stereocenters. The van der Waals surface area contributed by atoms with E-state index in [1.165, 1.54) is 30.0 Å². The SMILES string of the molecule is CCc1ccc(OCC(=O)N/N=C/c2ccc(F)cc2Cl)cc1. The highest BCUT2D eigenvalue weighted by Gasteiger charge is 2.02. The molecule has 120 valence electrons. The Morgan fingerprint density at radius 1 is 1.30 bits per heavy atom. The van der Waals surface area contributed by atoms with Crippen LogP contribution >= 0.6 is 11.6 Å². The number of ether oxygens (including phenoxy) is 1. The van der Waals surface area contributed by atoms with Crippen LogP contribution in [0.25, 0.3) is 0 Å². The Morgan fingerprint density at radius 2 is 2.04 bits per heavy atom. The normalized spacial score (nSPS) is 10.7. The second-order valence-electron chi connectivity index (χ2n) is 4.75. The van der Waals surface area contributed by atoms with Gasteiger partial charge in [-0.1, -0.05) is 30.7 Å². The van der Waals surface area contributed by atoms with Gasteiger partial charge in [0.15, 0.2) is 6.61 Å². The maximum Gasteiger partial charge on any atom is 0.277 e. The van der Waals surface area contributed by atoms with Crippen LogP contribution in [0.2, 0.25) is 5.02 Å². The summed E-state index contributed by atoms with van der Waals surface area (Å²) >= 11 is 5.84. The van der Waals surface area contributed by atoms with Crippen molar-refractivity contribution in [1.29, 1.82) is 0 Å². The van der Waals surface area contributed by atoms with Crippen LogP contribution in [0.15, 0.2) is 47.6 Å². The van der Waals surface area contributed by atoms with Gasteiger partial charge in [0.05, 0.1) is 11.2 Å². The van der Waals surface area contributed by atoms with Crippen molar-refractivity contribution < 1.29 is 13.9 Å². The fourth-order valence-corrected chi connectivity index (χ4v) is 2.00. The average molecular weight is 335 g/mol. The molecule has 2 aromatic carbocycles. The molecule has 1 N–H and O–H groups in total. The maximum absolute atomic E-state index is 12.9. The van der Waals surface area contributed by atoms with Crippen molar-refractivity contribution in [2.75, 3.05) is 6.61 Å². The van der Waals surface area contributed by atoms with Crippen LogP contribution < -0.4 is 10.2 Å². The number of aryl methyl sites for hydroxylation is 1. The molecule has 0 radical (unpaired) electrons. The van der Waals surface area contributed by atoms with Crippen molar-refractivity contribution in [3.63, 3.8) is 0 Å². The zero-order valence-electron chi connectivity index (χ0n) is 12.6. The molecule has 6 heteroatoms. The van der Waals surface area contributed by atoms with Gasteiger partial charge in [-0.3, -0.25) is 4.79 Å². The Bertz CT molecular complexity index is 702. The van der Waals surface area contributed by atoms with Gasteiger partial charge in [-0.15, -0.1) is 0 Å². The molecule has 0 aliphatic rings. The predicted molar refractivity (Wildman–Crippen MR) is 88.5 cm³/mol. The average Bonchev–Trinajstić information content (AvgIpc) is 2.55. The quantitative estimate of drug-likeness (QED) is 0.648. The highest BCUT2D eigenvalue weighted by molar-refractivity contribution is 6.33. The van der Waals surface area contributed by atoms with Crippen LogP contribution in [0.5, 0.6) is 5.75 Å². The molecule has 2 rings (SSSR count). The zero-order valence-corrected chi connectivity index (χ0v) is 13.3. The van der Waals surface area contributed by atoms with E-state index in [1.54, 1.807) is 0 Å². The second kappa shape index (κ2) is 8.29. The molecule has 1 amide bonds. The van der Waals surface area contributed by atoms with E-state index in [9.17, 15) is 9.18 Å². The molecule has 4 nitrogen and oxygen atoms in total. The third-order valence-electron chi connectivity index (χ3n) is 3.06. The van der Waals surface area contributed by atoms with Gasteiger partial charge in [-0.25, -0.2) is 9.82 Å². The number of amides is 1. The highest BCUT2D eigenvalue weighted by atomic mass is 35.5. The molecule has 0 fully saturated rings. The van der Waals surface area contributed by atoms with Gasteiger partial charge >= 0.3 is 0 Å². The molecule has 0 saturated heterocycles. The number of benzene rings is 2. The van der Waals surface area contributed by atoms with Crippen molar-refractivity contribution in [1.82, 2.24) is 5.43 Å². The zero-order chi connectivity index (χ0) is 16.7. The predicted octanol–water partition coefficient (Wildman–Crippen LogP) is 3.57. The first-order valence-electron chi connectivity index (χ1n) is 7.07. The summed E-state index contributed by atoms with van der Waals surface area (Å²) in [5.74, 6) is -0.222. The third-order valence-corrected chi connectivity index (χ3v) is 3.38. The minimum absolute atomic E-state index is 0.153. The van der Waals surface area contributed by atoms with E-state index in [0.717, 1.165) is 6.42 Å². The lowest BCUT2D eigenvalue weighted by Crippen LogP contribution is -2.24. The highest BCUT2D eigenvalue weighted by Crippen LogP contribution is 2.15. The number of halogens is 2. The van der Waals surface area contributed by atoms with Crippen LogP contribution in [0.4, 0.5) is 4.39 Å². The number of carbonyl (C=O) groups is 1. The summed E-state index contributed by atoms with van der Waals surface area (Å²) in [7, 11) is 0. The Morgan fingerprint density at radius 3 is 2.70 bits per heavy atom. The Balaban J connectivity index is 1.81. The molecule has 2 aromatic rings. The van der Waals surface area contributed by atoms with Gasteiger partial charge in [-0.2, -0.15) is 5.10 Å². The lowest BCUT2D eigenvalue weighted by atomic mass is 10.2. The fraction of sp³-hybridized carbons (Fsp3) is 0.176. The number of hydrogen-bond acceptors (Lipinski definition) is 3. The van der Waals surface area contributed by atoms with Gasteiger partial charge in [-0.05, 0) is 42.3 Å². The van der Waals surface area contributed by atoms with E-state index < -0.39 is 11.7 Å². The van der Waals surface area contributed by atoms with Crippen molar-refractivity contribution in [2.45, 2.75) is 13.3 Å². The lowest BCUT2D eigenvalue weighted by molar-refractivity contribution is -0.123. The summed E-state index contributed by atoms with van der Waals surface area (Å²) in [6.07, 6.45) is 2.29. The summed E-state index contributed by atoms with van der Waals surface area (Å²) in [6.45, 7) is 1.91. The molecule has 0 bridgehead atoms. The molecular weight excluding hydrogens is 319 g/mol. The summed E-state index contributed by atoms with van der Waals surface area (Å²) in [5, 5.41) is 3.98. The van der Waals surface area contributed by atoms with Gasteiger partial charge in [0.25, 0.3) is 5.91 Å². The van der Waals surface area contributed by atoms with Crippen molar-refractivity contribution in [2.24, 2.45) is 5.10 Å². The Kier molecular flexibility index (Phi) is 6.11. The van der Waals surface area contributed by atoms with E-state index >= 15 is 0 Å². The molecule has 0 spiro atoms. The van der Waals surface area contributed by atoms with Gasteiger partial charge in [0.2, 0.25) is 0 Å². The van der Waals surface area contributed by atoms with Crippen molar-refractivity contribution in [3.8, 4) is 5.75 Å². The number of nitrogens with zero attached hydrogens (tertiary/aromatic N) is 1. The minimum Gasteiger partial charge on any atom is -0.484 e. The van der Waals surface area contributed by atoms with E-state index in [-0.39, 0.29) is 11.6 Å². The molecule has 0 heterocycles. The van der Waals surface area contributed by atoms with Gasteiger partial charge in [0, 0.05) is 5.56 Å². The fourth-order valence-electron chi connectivity index (χ4n) is 1.78. The molecule has 0 aliphatic heterocycles. The summed E-state index contributed by atoms with van der Waals surface area (Å²) in [6, 6.07) is 11.4. The standard InChI is InChI=1S/C17H16ClFN2O2/c1-2-12-3-7-15(8-4-12)23-11-17(22)21-20-10-13-5-6-14(19)9-16(13)18/h3-10H,2,11H2,1H3,(H,21,22)/b20-10+. The molecule has 23 heavy (non-hydrogen) atoms. The van der Waals surface area contributed by atoms with Gasteiger partial charge in [0.1, 0.15) is 11.6 Å². The largest absolute Gasteiger partial charge is 0.484 e. The third kappa shape index (κ3) is 5.38. The van der Waals surface area contributed by atoms with Crippen molar-refractivity contribution in [3.05, 3.63) is 64.4 Å². The summed E-state index contributed by atoms with van der Waals surface area (Å²) in [4.78, 5) is 11.6. The minimum atomic E-state index is -0.432. The lowest BCUT2D eigenvalue weighted by Gasteiger charge is -2.05. The van der Waals surface area contributed by atoms with E-state index in [0.29, 0.717) is 11.3 Å². The molecule has 0 saturated carbocycles. The van der Waals surface area contributed by atoms with E-state index in [2.05, 4.69) is 17.5 Å². The molecule has 0 unspecified atom stereocenters. The monoisotopic (exact) mass is 334 g/mol. The topological polar surface area (TPSA) is 50.7 Å². The number of nitrogens with one attached hydrogen (secondary N) is 1. The number of carbonyl (C=O) groups excluding carboxylic acids is 1. The summed E-state index contributed by atoms with van der Waals surface area (Å²) in [5.41, 5.74) is 4.02. The number of hydrogen-bond donors (Lipinski definition) is 1. The van der Waals surface area contributed by atoms with Crippen LogP contribution in [0, 0.1) is 5.82 Å². The first-order valence-corrected chi connectivity index (χ1v) is 7.45. The van der Waals surface area contributed by atoms with Crippen molar-refractivity contribution >= 4 is 23.7 Å². The van der Waals surface area contributed by atoms with Gasteiger partial charge < -0.3 is 4.74 Å². The van der Waals surface area contributed by atoms with Crippen LogP contribution in [-0.2, 0) is 11.2 Å². The molecule has 0 aromatic heterocycles. The van der Waals surface area contributed by atoms with Crippen LogP contribution in [-0.4, -0.2) is 18.7 Å². The number of hydrazone groups is 1. The van der Waals surface area contributed by atoms with Crippen LogP contribution in [0.3, 0.4) is 0 Å². The summed E-state index contributed by atoms with van der Waals surface area (Å²) < 4.78 is 18.2. The smallest absolute Gasteiger partial charge is 0.277 e. The second-order valence-corrected chi connectivity index (χ2v) is 5.15. The van der Waals surface area contributed by atoms with E-state index in [4.69, 9.17) is 16.3 Å². The number of rotatable bonds is 6. The molecular formula is C17H16ClFN2O2. The van der Waals surface area contributed by atoms with E-state index in [1.807, 2.05) is 24.3 Å². The first-order chi connectivity index (χ1) is 11.1. The maximum atomic E-state index is 12.9. The Labute approximate surface area is 138 Å². The first kappa shape index (κ1) is 17.0. The van der Waals surface area contributed by atoms with Crippen LogP contribution in [0.1, 0.15) is 18.1 Å². The Hall–Kier alpha value is -2.40.